The number of hydrogen-bond acceptors (Lipinski definition) is 4. The van der Waals surface area contributed by atoms with Crippen molar-refractivity contribution in [1.29, 1.82) is 0 Å². The van der Waals surface area contributed by atoms with Gasteiger partial charge in [-0.3, -0.25) is 9.89 Å². The Morgan fingerprint density at radius 3 is 2.52 bits per heavy atom. The number of rotatable bonds is 7. The van der Waals surface area contributed by atoms with Crippen LogP contribution in [0.15, 0.2) is 10.4 Å². The Hall–Kier alpha value is -1.14. The van der Waals surface area contributed by atoms with Crippen molar-refractivity contribution >= 4 is 17.3 Å². The number of nitrogens with one attached hydrogen (secondary N) is 2. The molecular formula is C17H31N5S. The molecule has 1 fully saturated rings. The van der Waals surface area contributed by atoms with Crippen LogP contribution in [0.1, 0.15) is 44.3 Å². The summed E-state index contributed by atoms with van der Waals surface area (Å²) in [6.07, 6.45) is 3.52. The Kier molecular flexibility index (Phi) is 7.82. The maximum absolute atomic E-state index is 4.72. The van der Waals surface area contributed by atoms with Crippen LogP contribution in [0.5, 0.6) is 0 Å². The van der Waals surface area contributed by atoms with E-state index >= 15 is 0 Å². The van der Waals surface area contributed by atoms with E-state index < -0.39 is 0 Å². The van der Waals surface area contributed by atoms with Crippen LogP contribution in [0.3, 0.4) is 0 Å². The molecule has 1 saturated heterocycles. The van der Waals surface area contributed by atoms with Gasteiger partial charge in [0.1, 0.15) is 0 Å². The van der Waals surface area contributed by atoms with E-state index in [1.165, 1.54) is 23.5 Å². The van der Waals surface area contributed by atoms with E-state index in [1.807, 2.05) is 0 Å². The minimum Gasteiger partial charge on any atom is -0.357 e. The van der Waals surface area contributed by atoms with Crippen LogP contribution in [0.25, 0.3) is 0 Å². The molecule has 2 heterocycles. The first-order valence-electron chi connectivity index (χ1n) is 8.92. The molecule has 0 atom stereocenters. The second kappa shape index (κ2) is 9.88. The van der Waals surface area contributed by atoms with Gasteiger partial charge in [-0.2, -0.15) is 0 Å². The molecule has 23 heavy (non-hydrogen) atoms. The van der Waals surface area contributed by atoms with Crippen molar-refractivity contribution in [1.82, 2.24) is 20.5 Å². The summed E-state index contributed by atoms with van der Waals surface area (Å²) in [6.45, 7) is 12.5. The fourth-order valence-corrected chi connectivity index (χ4v) is 3.61. The van der Waals surface area contributed by atoms with Crippen molar-refractivity contribution in [3.63, 3.8) is 0 Å². The number of aliphatic imine (C=N–C) groups is 1. The van der Waals surface area contributed by atoms with Crippen LogP contribution < -0.4 is 10.6 Å². The maximum Gasteiger partial charge on any atom is 0.191 e. The number of likely N-dealkylation sites (tertiary alicyclic amines) is 1. The molecule has 0 aliphatic carbocycles. The van der Waals surface area contributed by atoms with Gasteiger partial charge in [-0.15, -0.1) is 11.3 Å². The summed E-state index contributed by atoms with van der Waals surface area (Å²) in [7, 11) is 0. The lowest BCUT2D eigenvalue weighted by Crippen LogP contribution is -2.38. The second-order valence-electron chi connectivity index (χ2n) is 6.06. The molecule has 0 aromatic carbocycles. The number of piperidine rings is 1. The molecule has 1 aromatic rings. The van der Waals surface area contributed by atoms with E-state index in [0.717, 1.165) is 51.6 Å². The fraction of sp³-hybridized carbons (Fsp3) is 0.765. The number of nitrogens with zero attached hydrogens (tertiary/aromatic N) is 3. The van der Waals surface area contributed by atoms with Crippen LogP contribution in [0.2, 0.25) is 0 Å². The summed E-state index contributed by atoms with van der Waals surface area (Å²) in [6, 6.07) is 0. The normalized spacial score (nSPS) is 16.3. The van der Waals surface area contributed by atoms with Crippen LogP contribution >= 0.6 is 11.3 Å². The summed E-state index contributed by atoms with van der Waals surface area (Å²) in [5.74, 6) is 1.66. The molecule has 130 valence electrons. The first-order chi connectivity index (χ1) is 11.2. The Morgan fingerprint density at radius 2 is 1.96 bits per heavy atom. The van der Waals surface area contributed by atoms with Gasteiger partial charge >= 0.3 is 0 Å². The third-order valence-corrected chi connectivity index (χ3v) is 5.23. The Balaban J connectivity index is 1.73. The second-order valence-corrected chi connectivity index (χ2v) is 7.00. The molecule has 0 unspecified atom stereocenters. The molecule has 1 aliphatic heterocycles. The number of aromatic nitrogens is 1. The highest BCUT2D eigenvalue weighted by Gasteiger charge is 2.19. The summed E-state index contributed by atoms with van der Waals surface area (Å²) < 4.78 is 0. The molecule has 0 saturated carbocycles. The fourth-order valence-electron chi connectivity index (χ4n) is 2.87. The first-order valence-corrected chi connectivity index (χ1v) is 9.80. The Morgan fingerprint density at radius 1 is 1.26 bits per heavy atom. The summed E-state index contributed by atoms with van der Waals surface area (Å²) in [5.41, 5.74) is 1.24. The van der Waals surface area contributed by atoms with Gasteiger partial charge in [-0.05, 0) is 52.1 Å². The predicted octanol–water partition coefficient (Wildman–Crippen LogP) is 2.49. The third-order valence-electron chi connectivity index (χ3n) is 4.19. The van der Waals surface area contributed by atoms with Gasteiger partial charge in [0.25, 0.3) is 0 Å². The molecule has 2 rings (SSSR count). The van der Waals surface area contributed by atoms with E-state index in [0.29, 0.717) is 5.92 Å². The van der Waals surface area contributed by atoms with Gasteiger partial charge in [-0.25, -0.2) is 4.98 Å². The summed E-state index contributed by atoms with van der Waals surface area (Å²) in [4.78, 5) is 11.9. The first kappa shape index (κ1) is 18.2. The zero-order valence-corrected chi connectivity index (χ0v) is 15.6. The predicted molar refractivity (Wildman–Crippen MR) is 99.1 cm³/mol. The van der Waals surface area contributed by atoms with Crippen molar-refractivity contribution in [3.05, 3.63) is 16.1 Å². The van der Waals surface area contributed by atoms with Gasteiger partial charge in [0.05, 0.1) is 10.7 Å². The Bertz CT molecular complexity index is 469. The van der Waals surface area contributed by atoms with E-state index in [-0.39, 0.29) is 0 Å². The van der Waals surface area contributed by atoms with E-state index in [1.54, 1.807) is 11.3 Å². The maximum atomic E-state index is 4.72. The monoisotopic (exact) mass is 337 g/mol. The molecule has 1 aromatic heterocycles. The zero-order chi connectivity index (χ0) is 16.5. The lowest BCUT2D eigenvalue weighted by atomic mass is 9.97. The molecule has 0 radical (unpaired) electrons. The van der Waals surface area contributed by atoms with E-state index in [2.05, 4.69) is 46.7 Å². The van der Waals surface area contributed by atoms with Gasteiger partial charge in [0.2, 0.25) is 0 Å². The molecular weight excluding hydrogens is 306 g/mol. The number of thiazole rings is 1. The molecule has 5 nitrogen and oxygen atoms in total. The SMILES string of the molecule is CCNC(=NCC1CCN(Cc2csc(CC)n2)CC1)NCC. The lowest BCUT2D eigenvalue weighted by molar-refractivity contribution is 0.179. The standard InChI is InChI=1S/C17H31N5S/c1-4-16-21-15(13-23-16)12-22-9-7-14(8-10-22)11-20-17(18-5-2)19-6-3/h13-14H,4-12H2,1-3H3,(H2,18,19,20). The van der Waals surface area contributed by atoms with Crippen LogP contribution in [-0.2, 0) is 13.0 Å². The smallest absolute Gasteiger partial charge is 0.191 e. The molecule has 1 aliphatic rings. The molecule has 0 amide bonds. The van der Waals surface area contributed by atoms with Gasteiger partial charge in [-0.1, -0.05) is 6.92 Å². The molecule has 0 bridgehead atoms. The van der Waals surface area contributed by atoms with Crippen molar-refractivity contribution < 1.29 is 0 Å². The largest absolute Gasteiger partial charge is 0.357 e. The van der Waals surface area contributed by atoms with Crippen molar-refractivity contribution in [3.8, 4) is 0 Å². The average Bonchev–Trinajstić information content (AvgIpc) is 3.02. The van der Waals surface area contributed by atoms with Gasteiger partial charge in [0, 0.05) is 31.6 Å². The van der Waals surface area contributed by atoms with Crippen LogP contribution in [-0.4, -0.2) is 48.6 Å². The van der Waals surface area contributed by atoms with E-state index in [4.69, 9.17) is 4.99 Å². The zero-order valence-electron chi connectivity index (χ0n) is 14.8. The highest BCUT2D eigenvalue weighted by molar-refractivity contribution is 7.09. The quantitative estimate of drug-likeness (QED) is 0.593. The van der Waals surface area contributed by atoms with Gasteiger partial charge < -0.3 is 10.6 Å². The topological polar surface area (TPSA) is 52.6 Å². The highest BCUT2D eigenvalue weighted by Crippen LogP contribution is 2.20. The minimum absolute atomic E-state index is 0.709. The van der Waals surface area contributed by atoms with E-state index in [9.17, 15) is 0 Å². The summed E-state index contributed by atoms with van der Waals surface area (Å²) >= 11 is 1.79. The minimum atomic E-state index is 0.709. The average molecular weight is 338 g/mol. The van der Waals surface area contributed by atoms with Gasteiger partial charge in [0.15, 0.2) is 5.96 Å². The van der Waals surface area contributed by atoms with Crippen molar-refractivity contribution in [2.24, 2.45) is 10.9 Å². The number of guanidine groups is 1. The number of aryl methyl sites for hydroxylation is 1. The lowest BCUT2D eigenvalue weighted by Gasteiger charge is -2.30. The summed E-state index contributed by atoms with van der Waals surface area (Å²) in [5, 5.41) is 10.1. The van der Waals surface area contributed by atoms with Crippen LogP contribution in [0, 0.1) is 5.92 Å². The third kappa shape index (κ3) is 6.11. The molecule has 2 N–H and O–H groups in total. The molecule has 0 spiro atoms. The van der Waals surface area contributed by atoms with Crippen molar-refractivity contribution in [2.45, 2.75) is 46.6 Å². The Labute approximate surface area is 144 Å². The molecule has 6 heteroatoms. The van der Waals surface area contributed by atoms with Crippen LogP contribution in [0.4, 0.5) is 0 Å². The number of hydrogen-bond donors (Lipinski definition) is 2. The highest BCUT2D eigenvalue weighted by atomic mass is 32.1. The van der Waals surface area contributed by atoms with Crippen molar-refractivity contribution in [2.75, 3.05) is 32.7 Å².